The number of nitro benzene ring substituents is 1. The Balaban J connectivity index is 0. The van der Waals surface area contributed by atoms with Gasteiger partial charge in [0.1, 0.15) is 0 Å². The predicted octanol–water partition coefficient (Wildman–Crippen LogP) is 4.18. The van der Waals surface area contributed by atoms with Gasteiger partial charge in [0.15, 0.2) is 0 Å². The molecule has 0 radical (unpaired) electrons. The van der Waals surface area contributed by atoms with Crippen molar-refractivity contribution in [1.29, 1.82) is 0 Å². The molecule has 0 amide bonds. The summed E-state index contributed by atoms with van der Waals surface area (Å²) in [6.07, 6.45) is 4.82. The summed E-state index contributed by atoms with van der Waals surface area (Å²) in [7, 11) is 1.47. The molecule has 2 atom stereocenters. The average molecular weight is 778 g/mol. The van der Waals surface area contributed by atoms with Gasteiger partial charge in [0.25, 0.3) is 5.69 Å². The molecular formula is C26H39ClCsN3O4S2Sr. The maximum Gasteiger partial charge on any atom is 1.00 e. The number of aryl methyl sites for hydroxylation is 1. The summed E-state index contributed by atoms with van der Waals surface area (Å²) in [6, 6.07) is 14.5. The Bertz CT molecular complexity index is 947. The second kappa shape index (κ2) is 24.1. The monoisotopic (exact) mass is 777 g/mol. The minimum Gasteiger partial charge on any atom is -0.358 e. The number of benzene rings is 2. The van der Waals surface area contributed by atoms with Crippen LogP contribution in [0.5, 0.6) is 0 Å². The van der Waals surface area contributed by atoms with Gasteiger partial charge < -0.3 is 12.1 Å². The van der Waals surface area contributed by atoms with Crippen molar-refractivity contribution in [3.63, 3.8) is 0 Å². The number of alkyl halides is 1. The molecule has 1 aliphatic heterocycles. The summed E-state index contributed by atoms with van der Waals surface area (Å²) < 4.78 is 10.9. The number of nitrogens with zero attached hydrogens (tertiary/aromatic N) is 1. The maximum atomic E-state index is 11.9. The fraction of sp³-hybridized carbons (Fsp3) is 0.462. The summed E-state index contributed by atoms with van der Waals surface area (Å²) in [6.45, 7) is 7.02. The number of rotatable bonds is 10. The molecule has 1 unspecified atom stereocenters. The zero-order valence-electron chi connectivity index (χ0n) is 23.7. The van der Waals surface area contributed by atoms with E-state index in [-0.39, 0.29) is 88.0 Å². The first-order valence-electron chi connectivity index (χ1n) is 12.0. The van der Waals surface area contributed by atoms with Gasteiger partial charge >= 0.3 is 197 Å². The maximum absolute atomic E-state index is 11.9. The van der Waals surface area contributed by atoms with E-state index in [2.05, 4.69) is 16.3 Å². The summed E-state index contributed by atoms with van der Waals surface area (Å²) in [5, 5.41) is 13.9. The largest absolute Gasteiger partial charge is 1.00 e. The van der Waals surface area contributed by atoms with Crippen LogP contribution in [0.1, 0.15) is 38.7 Å². The number of methoxy groups -OCH3 is 1. The van der Waals surface area contributed by atoms with E-state index in [1.54, 1.807) is 12.1 Å². The molecule has 2 aromatic rings. The summed E-state index contributed by atoms with van der Waals surface area (Å²) in [4.78, 5) is 22.9. The van der Waals surface area contributed by atoms with E-state index < -0.39 is 49.4 Å². The standard InChI is InChI=1S/C13H12N2O2S.C9H15ClNO2.C2H6.CH4S.CH3.Cs.Sr/c1-10-3-2-4-11(9-10)14-18-13-7-5-12(6-8-13)15(16)17;1-13-8(12)9(4-2-6-10)5-3-7-11-9;2*1-2;;;/h2-9,14H,1H3;3,11H,2,4-7H2,1H3;1-2H3;2H,1H3;1H3;;/q;;;;-1;2*+1/p-1/t;9-;;;;;/m.0...../s1. The number of anilines is 1. The number of non-ortho nitro benzene ring substituents is 1. The van der Waals surface area contributed by atoms with Gasteiger partial charge in [0.2, 0.25) is 0 Å². The molecule has 0 saturated carbocycles. The van der Waals surface area contributed by atoms with Crippen molar-refractivity contribution in [3.05, 3.63) is 71.6 Å². The first-order valence-corrected chi connectivity index (χ1v) is 21.0. The van der Waals surface area contributed by atoms with Gasteiger partial charge in [-0.2, -0.15) is 0 Å². The van der Waals surface area contributed by atoms with Gasteiger partial charge in [0.05, 0.1) is 4.92 Å². The molecule has 3 rings (SSSR count). The van der Waals surface area contributed by atoms with Crippen molar-refractivity contribution in [3.8, 4) is 0 Å². The zero-order chi connectivity index (χ0) is 27.0. The van der Waals surface area contributed by atoms with E-state index in [0.717, 1.165) is 37.3 Å². The number of halogens is 1. The van der Waals surface area contributed by atoms with Crippen LogP contribution in [0.15, 0.2) is 53.4 Å². The fourth-order valence-electron chi connectivity index (χ4n) is 3.80. The van der Waals surface area contributed by atoms with E-state index in [1.807, 2.05) is 49.8 Å². The third kappa shape index (κ3) is 15.2. The summed E-state index contributed by atoms with van der Waals surface area (Å²) >= 11 is 6.41. The molecule has 12 heteroatoms. The molecule has 2 aromatic carbocycles. The van der Waals surface area contributed by atoms with Gasteiger partial charge in [-0.25, -0.2) is 0 Å². The number of nitro groups is 1. The van der Waals surface area contributed by atoms with E-state index >= 15 is 0 Å². The topological polar surface area (TPSA) is 93.5 Å². The Hall–Kier alpha value is 1.59. The first kappa shape index (κ1) is 41.7. The van der Waals surface area contributed by atoms with Crippen molar-refractivity contribution >= 4 is 84.6 Å². The molecule has 1 fully saturated rings. The van der Waals surface area contributed by atoms with E-state index in [4.69, 9.17) is 16.3 Å². The molecule has 1 aliphatic rings. The number of hydrogen-bond acceptors (Lipinski definition) is 8. The van der Waals surface area contributed by atoms with Crippen molar-refractivity contribution in [2.45, 2.75) is 51.4 Å². The molecule has 2 N–H and O–H groups in total. The number of esters is 1. The molecule has 0 bridgehead atoms. The predicted molar refractivity (Wildman–Crippen MR) is 162 cm³/mol. The smallest absolute Gasteiger partial charge is 0.358 e. The minimum absolute atomic E-state index is 0. The van der Waals surface area contributed by atoms with Crippen LogP contribution in [-0.4, -0.2) is 81.2 Å². The molecule has 0 spiro atoms. The van der Waals surface area contributed by atoms with Crippen LogP contribution in [0.2, 0.25) is 0.889 Å². The van der Waals surface area contributed by atoms with E-state index in [0.29, 0.717) is 5.88 Å². The number of carbonyl (C=O) groups excluding carboxylic acids is 1. The van der Waals surface area contributed by atoms with Crippen LogP contribution in [0.3, 0.4) is 0 Å². The van der Waals surface area contributed by atoms with Crippen LogP contribution in [-0.2, 0) is 9.53 Å². The quantitative estimate of drug-likeness (QED) is 0.0707. The van der Waals surface area contributed by atoms with Gasteiger partial charge in [-0.15, -0.1) is 0 Å². The van der Waals surface area contributed by atoms with Crippen LogP contribution >= 0.6 is 28.3 Å². The van der Waals surface area contributed by atoms with Crippen molar-refractivity contribution < 1.29 is 83.3 Å². The van der Waals surface area contributed by atoms with Gasteiger partial charge in [0, 0.05) is 22.7 Å². The Morgan fingerprint density at radius 1 is 1.29 bits per heavy atom. The van der Waals surface area contributed by atoms with Crippen LogP contribution in [0, 0.1) is 24.5 Å². The second-order valence-corrected chi connectivity index (χ2v) is 19.8. The molecule has 1 saturated heterocycles. The van der Waals surface area contributed by atoms with E-state index in [1.165, 1.54) is 36.8 Å². The Labute approximate surface area is 320 Å². The van der Waals surface area contributed by atoms with Gasteiger partial charge in [-0.3, -0.25) is 10.1 Å². The Morgan fingerprint density at radius 3 is 2.47 bits per heavy atom. The van der Waals surface area contributed by atoms with Crippen molar-refractivity contribution in [2.24, 2.45) is 0 Å². The molecule has 38 heavy (non-hydrogen) atoms. The molecule has 1 heterocycles. The van der Waals surface area contributed by atoms with Crippen LogP contribution in [0.25, 0.3) is 0 Å². The minimum atomic E-state index is -0.740. The normalized spacial score (nSPS) is 17.1. The Morgan fingerprint density at radius 2 is 1.95 bits per heavy atom. The van der Waals surface area contributed by atoms with Gasteiger partial charge in [-0.1, -0.05) is 26.0 Å². The average Bonchev–Trinajstić information content (AvgIpc) is 3.32. The third-order valence-corrected chi connectivity index (χ3v) is 14.7. The molecular weight excluding hydrogens is 738 g/mol. The fourth-order valence-corrected chi connectivity index (χ4v) is 12.1. The molecule has 0 aliphatic carbocycles. The third-order valence-electron chi connectivity index (χ3n) is 5.43. The SMILES string of the molecule is CC.COC(=O)[C@]1(CCCCl)C[CH]([Sr][S]C)CN1.Cc1cccc(NSc2ccc([N+](=O)[O-])cc2)c1.[CH3-].[Cs+]. The number of hydrogen-bond donors (Lipinski definition) is 2. The molecule has 7 nitrogen and oxygen atoms in total. The van der Waals surface area contributed by atoms with Gasteiger partial charge in [-0.05, 0) is 48.7 Å². The molecule has 0 aromatic heterocycles. The second-order valence-electron chi connectivity index (χ2n) is 8.10. The van der Waals surface area contributed by atoms with Crippen LogP contribution in [0.4, 0.5) is 11.4 Å². The van der Waals surface area contributed by atoms with Crippen LogP contribution < -0.4 is 78.9 Å². The Kier molecular flexibility index (Phi) is 26.4. The van der Waals surface area contributed by atoms with Crippen molar-refractivity contribution in [2.75, 3.05) is 30.5 Å². The number of ether oxygens (including phenoxy) is 1. The molecule has 204 valence electrons. The summed E-state index contributed by atoms with van der Waals surface area (Å²) in [5.41, 5.74) is 1.87. The zero-order valence-corrected chi connectivity index (χ0v) is 35.9. The number of nitrogens with one attached hydrogen (secondary N) is 2. The van der Waals surface area contributed by atoms with E-state index in [9.17, 15) is 14.9 Å². The number of carbonyl (C=O) groups is 1. The van der Waals surface area contributed by atoms with Crippen molar-refractivity contribution in [1.82, 2.24) is 5.32 Å². The first-order chi connectivity index (χ1) is 17.3. The summed E-state index contributed by atoms with van der Waals surface area (Å²) in [5.74, 6) is 0.504.